The van der Waals surface area contributed by atoms with Crippen molar-refractivity contribution < 1.29 is 17.9 Å². The van der Waals surface area contributed by atoms with Gasteiger partial charge in [0.1, 0.15) is 0 Å². The normalized spacial score (nSPS) is 24.0. The number of anilines is 1. The van der Waals surface area contributed by atoms with Crippen LogP contribution in [0.25, 0.3) is 0 Å². The molecule has 9 heteroatoms. The lowest BCUT2D eigenvalue weighted by Gasteiger charge is -2.44. The number of carbonyl (C=O) groups excluding carboxylic acids is 1. The molecule has 1 aromatic carbocycles. The lowest BCUT2D eigenvalue weighted by Crippen LogP contribution is -2.57. The summed E-state index contributed by atoms with van der Waals surface area (Å²) in [5.41, 5.74) is 0.358. The molecule has 1 atom stereocenters. The van der Waals surface area contributed by atoms with Crippen molar-refractivity contribution in [2.24, 2.45) is 5.92 Å². The van der Waals surface area contributed by atoms with Crippen LogP contribution in [-0.2, 0) is 10.0 Å². The molecule has 2 aromatic rings. The Bertz CT molecular complexity index is 965. The zero-order valence-corrected chi connectivity index (χ0v) is 17.2. The lowest BCUT2D eigenvalue weighted by molar-refractivity contribution is 0.0622. The first-order valence-electron chi connectivity index (χ1n) is 9.25. The van der Waals surface area contributed by atoms with Crippen molar-refractivity contribution in [3.8, 4) is 10.8 Å². The molecule has 0 saturated carbocycles. The van der Waals surface area contributed by atoms with Gasteiger partial charge in [0, 0.05) is 12.6 Å². The molecule has 3 aliphatic heterocycles. The van der Waals surface area contributed by atoms with E-state index in [1.165, 1.54) is 11.3 Å². The van der Waals surface area contributed by atoms with E-state index >= 15 is 0 Å². The number of hydrogen-bond donors (Lipinski definition) is 2. The van der Waals surface area contributed by atoms with E-state index in [2.05, 4.69) is 14.9 Å². The van der Waals surface area contributed by atoms with Gasteiger partial charge in [-0.25, -0.2) is 8.42 Å². The Hall–Kier alpha value is -2.10. The maximum absolute atomic E-state index is 12.6. The Morgan fingerprint density at radius 2 is 1.93 bits per heavy atom. The fourth-order valence-electron chi connectivity index (χ4n) is 3.81. The summed E-state index contributed by atoms with van der Waals surface area (Å²) in [4.78, 5) is 15.6. The van der Waals surface area contributed by atoms with E-state index in [1.807, 2.05) is 0 Å². The summed E-state index contributed by atoms with van der Waals surface area (Å²) in [6, 6.07) is 10.5. The first kappa shape index (κ1) is 19.2. The van der Waals surface area contributed by atoms with Crippen molar-refractivity contribution >= 4 is 33.0 Å². The van der Waals surface area contributed by atoms with Crippen LogP contribution < -0.4 is 14.8 Å². The maximum atomic E-state index is 12.6. The second kappa shape index (κ2) is 7.73. The van der Waals surface area contributed by atoms with Crippen molar-refractivity contribution in [2.75, 3.05) is 30.6 Å². The summed E-state index contributed by atoms with van der Waals surface area (Å²) in [7, 11) is -3.42. The Morgan fingerprint density at radius 3 is 2.61 bits per heavy atom. The van der Waals surface area contributed by atoms with Gasteiger partial charge in [-0.2, -0.15) is 0 Å². The number of hydrogen-bond acceptors (Lipinski definition) is 6. The summed E-state index contributed by atoms with van der Waals surface area (Å²) in [6.45, 7) is 3.19. The number of benzene rings is 1. The van der Waals surface area contributed by atoms with E-state index < -0.39 is 10.0 Å². The highest BCUT2D eigenvalue weighted by atomic mass is 32.2. The summed E-state index contributed by atoms with van der Waals surface area (Å²) in [5.74, 6) is 0.874. The number of piperidine rings is 3. The Labute approximate surface area is 168 Å². The molecular weight excluding hydrogens is 398 g/mol. The Morgan fingerprint density at radius 1 is 1.18 bits per heavy atom. The summed E-state index contributed by atoms with van der Waals surface area (Å²) < 4.78 is 31.3. The molecule has 1 amide bonds. The minimum atomic E-state index is -3.42. The van der Waals surface area contributed by atoms with Crippen molar-refractivity contribution in [1.82, 2.24) is 10.2 Å². The lowest BCUT2D eigenvalue weighted by atomic mass is 9.84. The standard InChI is InChI=1S/C19H23N3O4S2/c1-28(24,25)21-14-4-2-3-5-16(14)26-18-7-6-17(27-18)19(23)20-15-12-22-10-8-13(15)9-11-22/h2-7,13,15,21H,8-12H2,1H3,(H,20,23). The average molecular weight is 422 g/mol. The molecule has 28 heavy (non-hydrogen) atoms. The van der Waals surface area contributed by atoms with Gasteiger partial charge in [-0.3, -0.25) is 9.52 Å². The number of thiophene rings is 1. The number of ether oxygens (including phenoxy) is 1. The molecule has 0 spiro atoms. The smallest absolute Gasteiger partial charge is 0.261 e. The molecule has 0 radical (unpaired) electrons. The van der Waals surface area contributed by atoms with Gasteiger partial charge in [-0.1, -0.05) is 23.5 Å². The van der Waals surface area contributed by atoms with Crippen LogP contribution in [0.5, 0.6) is 10.8 Å². The van der Waals surface area contributed by atoms with Crippen LogP contribution in [0, 0.1) is 5.92 Å². The third-order valence-electron chi connectivity index (χ3n) is 5.17. The molecule has 3 saturated heterocycles. The monoisotopic (exact) mass is 421 g/mol. The SMILES string of the molecule is CS(=O)(=O)Nc1ccccc1Oc1ccc(C(=O)NC2CN3CCC2CC3)s1. The summed E-state index contributed by atoms with van der Waals surface area (Å²) >= 11 is 1.25. The minimum absolute atomic E-state index is 0.0823. The molecule has 3 aliphatic rings. The van der Waals surface area contributed by atoms with Crippen LogP contribution in [0.4, 0.5) is 5.69 Å². The predicted molar refractivity (Wildman–Crippen MR) is 110 cm³/mol. The number of rotatable bonds is 6. The first-order valence-corrected chi connectivity index (χ1v) is 12.0. The van der Waals surface area contributed by atoms with E-state index in [0.29, 0.717) is 27.3 Å². The van der Waals surface area contributed by atoms with Gasteiger partial charge in [0.15, 0.2) is 10.8 Å². The molecule has 2 bridgehead atoms. The number of carbonyl (C=O) groups is 1. The summed E-state index contributed by atoms with van der Waals surface area (Å²) in [5, 5.41) is 3.70. The van der Waals surface area contributed by atoms with E-state index in [1.54, 1.807) is 36.4 Å². The van der Waals surface area contributed by atoms with Crippen LogP contribution in [0.1, 0.15) is 22.5 Å². The Balaban J connectivity index is 1.43. The van der Waals surface area contributed by atoms with Crippen LogP contribution in [0.3, 0.4) is 0 Å². The van der Waals surface area contributed by atoms with Gasteiger partial charge in [0.25, 0.3) is 5.91 Å². The molecule has 150 valence electrons. The van der Waals surface area contributed by atoms with E-state index in [0.717, 1.165) is 38.7 Å². The largest absolute Gasteiger partial charge is 0.444 e. The van der Waals surface area contributed by atoms with Gasteiger partial charge in [-0.15, -0.1) is 0 Å². The number of sulfonamides is 1. The van der Waals surface area contributed by atoms with Gasteiger partial charge in [0.05, 0.1) is 16.8 Å². The predicted octanol–water partition coefficient (Wildman–Crippen LogP) is 2.74. The molecular formula is C19H23N3O4S2. The molecule has 1 unspecified atom stereocenters. The van der Waals surface area contributed by atoms with Gasteiger partial charge >= 0.3 is 0 Å². The third kappa shape index (κ3) is 4.48. The zero-order chi connectivity index (χ0) is 19.7. The second-order valence-corrected chi connectivity index (χ2v) is 10.1. The molecule has 5 rings (SSSR count). The molecule has 2 N–H and O–H groups in total. The fourth-order valence-corrected chi connectivity index (χ4v) is 5.15. The molecule has 1 aromatic heterocycles. The van der Waals surface area contributed by atoms with Crippen molar-refractivity contribution in [1.29, 1.82) is 0 Å². The third-order valence-corrected chi connectivity index (χ3v) is 6.72. The van der Waals surface area contributed by atoms with Gasteiger partial charge in [0.2, 0.25) is 10.0 Å². The van der Waals surface area contributed by atoms with Crippen LogP contribution in [-0.4, -0.2) is 51.2 Å². The zero-order valence-electron chi connectivity index (χ0n) is 15.6. The molecule has 7 nitrogen and oxygen atoms in total. The Kier molecular flexibility index (Phi) is 5.31. The quantitative estimate of drug-likeness (QED) is 0.749. The van der Waals surface area contributed by atoms with Crippen LogP contribution in [0.2, 0.25) is 0 Å². The highest BCUT2D eigenvalue weighted by Crippen LogP contribution is 2.34. The molecule has 0 aliphatic carbocycles. The number of para-hydroxylation sites is 2. The first-order chi connectivity index (χ1) is 13.4. The highest BCUT2D eigenvalue weighted by Gasteiger charge is 2.35. The minimum Gasteiger partial charge on any atom is -0.444 e. The van der Waals surface area contributed by atoms with Gasteiger partial charge in [-0.05, 0) is 56.1 Å². The maximum Gasteiger partial charge on any atom is 0.261 e. The van der Waals surface area contributed by atoms with E-state index in [4.69, 9.17) is 4.74 Å². The fraction of sp³-hybridized carbons (Fsp3) is 0.421. The van der Waals surface area contributed by atoms with E-state index in [-0.39, 0.29) is 11.9 Å². The molecule has 3 fully saturated rings. The number of amides is 1. The topological polar surface area (TPSA) is 87.7 Å². The average Bonchev–Trinajstić information content (AvgIpc) is 3.12. The number of nitrogens with one attached hydrogen (secondary N) is 2. The van der Waals surface area contributed by atoms with Crippen molar-refractivity contribution in [3.05, 3.63) is 41.3 Å². The van der Waals surface area contributed by atoms with E-state index in [9.17, 15) is 13.2 Å². The number of nitrogens with zero attached hydrogens (tertiary/aromatic N) is 1. The second-order valence-electron chi connectivity index (χ2n) is 7.31. The van der Waals surface area contributed by atoms with Crippen LogP contribution >= 0.6 is 11.3 Å². The van der Waals surface area contributed by atoms with Crippen molar-refractivity contribution in [3.63, 3.8) is 0 Å². The number of fused-ring (bicyclic) bond motifs is 3. The summed E-state index contributed by atoms with van der Waals surface area (Å²) in [6.07, 6.45) is 3.38. The van der Waals surface area contributed by atoms with Crippen LogP contribution in [0.15, 0.2) is 36.4 Å². The molecule has 4 heterocycles. The van der Waals surface area contributed by atoms with Gasteiger partial charge < -0.3 is 15.0 Å². The highest BCUT2D eigenvalue weighted by molar-refractivity contribution is 7.92. The van der Waals surface area contributed by atoms with Crippen molar-refractivity contribution in [2.45, 2.75) is 18.9 Å².